The summed E-state index contributed by atoms with van der Waals surface area (Å²) in [6.07, 6.45) is 1.70. The Kier molecular flexibility index (Phi) is 3.23. The van der Waals surface area contributed by atoms with Crippen LogP contribution in [0, 0.1) is 17.8 Å². The van der Waals surface area contributed by atoms with Crippen LogP contribution in [0.25, 0.3) is 0 Å². The molecule has 0 radical (unpaired) electrons. The van der Waals surface area contributed by atoms with E-state index >= 15 is 0 Å². The summed E-state index contributed by atoms with van der Waals surface area (Å²) in [4.78, 5) is 24.3. The van der Waals surface area contributed by atoms with Gasteiger partial charge in [-0.25, -0.2) is 0 Å². The van der Waals surface area contributed by atoms with Crippen LogP contribution in [0.15, 0.2) is 0 Å². The average molecular weight is 296 g/mol. The highest BCUT2D eigenvalue weighted by molar-refractivity contribution is 5.88. The molecule has 5 heteroatoms. The number of ether oxygens (including phenoxy) is 2. The number of carbonyl (C=O) groups is 2. The largest absolute Gasteiger partial charge is 0.462 e. The van der Waals surface area contributed by atoms with Crippen LogP contribution in [-0.2, 0) is 19.1 Å². The molecule has 0 aromatic heterocycles. The fourth-order valence-electron chi connectivity index (χ4n) is 4.73. The lowest BCUT2D eigenvalue weighted by molar-refractivity contribution is -0.197. The molecule has 1 aliphatic heterocycles. The quantitative estimate of drug-likeness (QED) is 0.798. The summed E-state index contributed by atoms with van der Waals surface area (Å²) in [5, 5.41) is 10.7. The van der Waals surface area contributed by atoms with E-state index in [9.17, 15) is 14.7 Å². The molecule has 0 aromatic rings. The second kappa shape index (κ2) is 4.53. The highest BCUT2D eigenvalue weighted by atomic mass is 16.6. The van der Waals surface area contributed by atoms with Crippen LogP contribution in [0.2, 0.25) is 0 Å². The minimum absolute atomic E-state index is 0.00753. The lowest BCUT2D eigenvalue weighted by atomic mass is 9.73. The van der Waals surface area contributed by atoms with Crippen LogP contribution in [0.4, 0.5) is 0 Å². The maximum atomic E-state index is 12.3. The van der Waals surface area contributed by atoms with Crippen LogP contribution >= 0.6 is 0 Å². The van der Waals surface area contributed by atoms with E-state index in [-0.39, 0.29) is 41.7 Å². The molecule has 118 valence electrons. The Morgan fingerprint density at radius 3 is 2.57 bits per heavy atom. The van der Waals surface area contributed by atoms with Gasteiger partial charge in [-0.3, -0.25) is 9.59 Å². The second-order valence-electron chi connectivity index (χ2n) is 7.32. The van der Waals surface area contributed by atoms with Gasteiger partial charge in [-0.05, 0) is 39.0 Å². The van der Waals surface area contributed by atoms with Gasteiger partial charge in [0.25, 0.3) is 0 Å². The number of carbonyl (C=O) groups excluding carboxylic acids is 2. The third-order valence-corrected chi connectivity index (χ3v) is 5.58. The Morgan fingerprint density at radius 1 is 1.33 bits per heavy atom. The van der Waals surface area contributed by atoms with Crippen LogP contribution < -0.4 is 0 Å². The molecule has 3 aliphatic rings. The topological polar surface area (TPSA) is 72.8 Å². The minimum atomic E-state index is -1.21. The molecule has 1 heterocycles. The minimum Gasteiger partial charge on any atom is -0.462 e. The Bertz CT molecular complexity index is 483. The van der Waals surface area contributed by atoms with Gasteiger partial charge in [0.2, 0.25) is 0 Å². The van der Waals surface area contributed by atoms with Gasteiger partial charge < -0.3 is 14.6 Å². The van der Waals surface area contributed by atoms with Crippen LogP contribution in [0.1, 0.15) is 47.0 Å². The molecule has 1 N–H and O–H groups in total. The number of Topliss-reactive ketones (excluding diaryl/α,β-unsaturated/α-hetero) is 1. The summed E-state index contributed by atoms with van der Waals surface area (Å²) >= 11 is 0. The Morgan fingerprint density at radius 2 is 2.00 bits per heavy atom. The number of hydrogen-bond acceptors (Lipinski definition) is 5. The summed E-state index contributed by atoms with van der Waals surface area (Å²) in [5.41, 5.74) is -2.39. The van der Waals surface area contributed by atoms with Crippen molar-refractivity contribution in [1.29, 1.82) is 0 Å². The molecule has 1 saturated heterocycles. The smallest absolute Gasteiger partial charge is 0.308 e. The zero-order valence-electron chi connectivity index (χ0n) is 13.1. The molecule has 0 unspecified atom stereocenters. The average Bonchev–Trinajstić information content (AvgIpc) is 2.72. The SMILES string of the molecule is CC(=O)[C@@]12O[C@H]3CC[C@@H](OC(=O)C(C)C)[C@@H]1[C@H]3C[C@]2(C)O. The third kappa shape index (κ3) is 1.83. The standard InChI is InChI=1S/C16H24O5/c1-8(2)14(18)20-12-6-5-11-10-7-15(4,19)16(21-11,9(3)17)13(10)12/h8,10-13,19H,5-7H2,1-4H3/t10-,11-,12+,13-,15-,16+/m0/s1. The molecule has 3 rings (SSSR count). The fourth-order valence-corrected chi connectivity index (χ4v) is 4.73. The maximum absolute atomic E-state index is 12.3. The first kappa shape index (κ1) is 15.0. The van der Waals surface area contributed by atoms with E-state index in [1.807, 2.05) is 0 Å². The summed E-state index contributed by atoms with van der Waals surface area (Å²) in [6, 6.07) is 0. The van der Waals surface area contributed by atoms with E-state index in [4.69, 9.17) is 9.47 Å². The van der Waals surface area contributed by atoms with Crippen LogP contribution in [0.3, 0.4) is 0 Å². The predicted octanol–water partition coefficient (Wildman–Crippen LogP) is 1.46. The van der Waals surface area contributed by atoms with Crippen molar-refractivity contribution >= 4 is 11.8 Å². The zero-order chi connectivity index (χ0) is 15.6. The Balaban J connectivity index is 1.95. The van der Waals surface area contributed by atoms with Crippen molar-refractivity contribution in [3.8, 4) is 0 Å². The number of rotatable bonds is 3. The molecule has 3 fully saturated rings. The van der Waals surface area contributed by atoms with E-state index in [0.29, 0.717) is 12.8 Å². The van der Waals surface area contributed by atoms with E-state index in [2.05, 4.69) is 0 Å². The number of esters is 1. The van der Waals surface area contributed by atoms with Gasteiger partial charge in [0.05, 0.1) is 17.6 Å². The number of hydrogen-bond donors (Lipinski definition) is 1. The van der Waals surface area contributed by atoms with E-state index in [1.165, 1.54) is 6.92 Å². The van der Waals surface area contributed by atoms with Gasteiger partial charge in [-0.1, -0.05) is 13.8 Å². The molecule has 6 atom stereocenters. The van der Waals surface area contributed by atoms with Crippen LogP contribution in [-0.4, -0.2) is 40.3 Å². The van der Waals surface area contributed by atoms with Gasteiger partial charge in [0, 0.05) is 5.92 Å². The molecule has 21 heavy (non-hydrogen) atoms. The lowest BCUT2D eigenvalue weighted by Crippen LogP contribution is -2.59. The first-order valence-electron chi connectivity index (χ1n) is 7.82. The van der Waals surface area contributed by atoms with Crippen molar-refractivity contribution < 1.29 is 24.2 Å². The first-order chi connectivity index (χ1) is 9.70. The highest BCUT2D eigenvalue weighted by Gasteiger charge is 2.75. The Labute approximate surface area is 125 Å². The van der Waals surface area contributed by atoms with Crippen molar-refractivity contribution in [3.63, 3.8) is 0 Å². The van der Waals surface area contributed by atoms with E-state index in [0.717, 1.165) is 6.42 Å². The lowest BCUT2D eigenvalue weighted by Gasteiger charge is -2.41. The van der Waals surface area contributed by atoms with Gasteiger partial charge in [-0.15, -0.1) is 0 Å². The molecular weight excluding hydrogens is 272 g/mol. The van der Waals surface area contributed by atoms with E-state index < -0.39 is 11.2 Å². The monoisotopic (exact) mass is 296 g/mol. The molecular formula is C16H24O5. The molecule has 5 nitrogen and oxygen atoms in total. The summed E-state index contributed by atoms with van der Waals surface area (Å²) in [5.74, 6) is -0.719. The van der Waals surface area contributed by atoms with Gasteiger partial charge >= 0.3 is 5.97 Å². The summed E-state index contributed by atoms with van der Waals surface area (Å²) < 4.78 is 11.7. The molecule has 2 aliphatic carbocycles. The van der Waals surface area contributed by atoms with Crippen molar-refractivity contribution in [1.82, 2.24) is 0 Å². The van der Waals surface area contributed by atoms with Crippen LogP contribution in [0.5, 0.6) is 0 Å². The van der Waals surface area contributed by atoms with Gasteiger partial charge in [0.15, 0.2) is 11.4 Å². The summed E-state index contributed by atoms with van der Waals surface area (Å²) in [7, 11) is 0. The molecule has 0 aromatic carbocycles. The zero-order valence-corrected chi connectivity index (χ0v) is 13.1. The maximum Gasteiger partial charge on any atom is 0.308 e. The molecule has 2 saturated carbocycles. The van der Waals surface area contributed by atoms with Crippen molar-refractivity contribution in [2.75, 3.05) is 0 Å². The molecule has 0 spiro atoms. The van der Waals surface area contributed by atoms with Crippen molar-refractivity contribution in [2.24, 2.45) is 17.8 Å². The number of ketones is 1. The van der Waals surface area contributed by atoms with Crippen molar-refractivity contribution in [3.05, 3.63) is 0 Å². The first-order valence-corrected chi connectivity index (χ1v) is 7.82. The fraction of sp³-hybridized carbons (Fsp3) is 0.875. The van der Waals surface area contributed by atoms with Crippen molar-refractivity contribution in [2.45, 2.75) is 70.4 Å². The predicted molar refractivity (Wildman–Crippen MR) is 74.5 cm³/mol. The van der Waals surface area contributed by atoms with E-state index in [1.54, 1.807) is 20.8 Å². The normalized spacial score (nSPS) is 47.7. The molecule has 4 bridgehead atoms. The number of aliphatic hydroxyl groups is 1. The third-order valence-electron chi connectivity index (χ3n) is 5.58. The second-order valence-corrected chi connectivity index (χ2v) is 7.32. The summed E-state index contributed by atoms with van der Waals surface area (Å²) in [6.45, 7) is 6.73. The molecule has 0 amide bonds. The van der Waals surface area contributed by atoms with Gasteiger partial charge in [-0.2, -0.15) is 0 Å². The Hall–Kier alpha value is -0.940. The van der Waals surface area contributed by atoms with Gasteiger partial charge in [0.1, 0.15) is 6.10 Å². The highest BCUT2D eigenvalue weighted by Crippen LogP contribution is 2.63.